The third kappa shape index (κ3) is 5.48. The Labute approximate surface area is 178 Å². The summed E-state index contributed by atoms with van der Waals surface area (Å²) in [5.74, 6) is 3.29. The van der Waals surface area contributed by atoms with Gasteiger partial charge in [0.1, 0.15) is 11.5 Å². The molecule has 0 amide bonds. The third-order valence-corrected chi connectivity index (χ3v) is 5.73. The van der Waals surface area contributed by atoms with Gasteiger partial charge in [0.2, 0.25) is 0 Å². The van der Waals surface area contributed by atoms with E-state index in [9.17, 15) is 0 Å². The van der Waals surface area contributed by atoms with E-state index in [0.29, 0.717) is 12.0 Å². The minimum Gasteiger partial charge on any atom is -0.495 e. The lowest BCUT2D eigenvalue weighted by Gasteiger charge is -2.22. The average Bonchev–Trinajstić information content (AvgIpc) is 3.55. The highest BCUT2D eigenvalue weighted by molar-refractivity contribution is 5.80. The highest BCUT2D eigenvalue weighted by Gasteiger charge is 2.25. The number of aliphatic imine (C=N–C) groups is 1. The van der Waals surface area contributed by atoms with E-state index in [-0.39, 0.29) is 0 Å². The molecule has 1 aromatic carbocycles. The molecule has 2 aliphatic heterocycles. The fraction of sp³-hybridized carbons (Fsp3) is 0.522. The van der Waals surface area contributed by atoms with Gasteiger partial charge in [-0.25, -0.2) is 0 Å². The lowest BCUT2D eigenvalue weighted by atomic mass is 10.1. The second kappa shape index (κ2) is 10.4. The molecule has 2 aromatic rings. The first-order chi connectivity index (χ1) is 14.8. The molecule has 162 valence electrons. The molecule has 3 heterocycles. The number of hydrogen-bond acceptors (Lipinski definition) is 5. The van der Waals surface area contributed by atoms with Crippen LogP contribution in [0.5, 0.6) is 5.75 Å². The normalized spacial score (nSPS) is 21.8. The van der Waals surface area contributed by atoms with E-state index in [1.165, 1.54) is 0 Å². The summed E-state index contributed by atoms with van der Waals surface area (Å²) in [6.07, 6.45) is 4.70. The van der Waals surface area contributed by atoms with Gasteiger partial charge in [-0.05, 0) is 37.1 Å². The number of ether oxygens (including phenoxy) is 2. The lowest BCUT2D eigenvalue weighted by Crippen LogP contribution is -2.45. The molecule has 2 aliphatic rings. The molecule has 2 fully saturated rings. The van der Waals surface area contributed by atoms with Crippen molar-refractivity contribution in [2.75, 3.05) is 51.4 Å². The maximum absolute atomic E-state index is 5.54. The Morgan fingerprint density at radius 1 is 1.23 bits per heavy atom. The maximum Gasteiger partial charge on any atom is 0.191 e. The van der Waals surface area contributed by atoms with E-state index in [0.717, 1.165) is 81.8 Å². The summed E-state index contributed by atoms with van der Waals surface area (Å²) >= 11 is 0. The van der Waals surface area contributed by atoms with Crippen LogP contribution in [0.3, 0.4) is 0 Å². The first kappa shape index (κ1) is 20.6. The van der Waals surface area contributed by atoms with Crippen LogP contribution in [0, 0.1) is 5.92 Å². The van der Waals surface area contributed by atoms with Gasteiger partial charge in [0.25, 0.3) is 0 Å². The van der Waals surface area contributed by atoms with Crippen LogP contribution in [0.2, 0.25) is 0 Å². The number of methoxy groups -OCH3 is 1. The molecule has 1 aromatic heterocycles. The zero-order chi connectivity index (χ0) is 20.6. The smallest absolute Gasteiger partial charge is 0.191 e. The fourth-order valence-electron chi connectivity index (χ4n) is 4.04. The molecule has 0 spiro atoms. The third-order valence-electron chi connectivity index (χ3n) is 5.73. The van der Waals surface area contributed by atoms with Crippen molar-refractivity contribution >= 4 is 11.6 Å². The molecule has 0 aliphatic carbocycles. The molecule has 2 unspecified atom stereocenters. The Morgan fingerprint density at radius 3 is 2.97 bits per heavy atom. The van der Waals surface area contributed by atoms with Crippen LogP contribution in [-0.4, -0.2) is 58.5 Å². The number of nitrogens with one attached hydrogen (secondary N) is 2. The quantitative estimate of drug-likeness (QED) is 0.513. The minimum absolute atomic E-state index is 0.338. The van der Waals surface area contributed by atoms with Gasteiger partial charge in [0.05, 0.1) is 25.7 Å². The molecule has 30 heavy (non-hydrogen) atoms. The molecule has 0 saturated carbocycles. The van der Waals surface area contributed by atoms with Crippen LogP contribution in [0.1, 0.15) is 18.6 Å². The predicted octanol–water partition coefficient (Wildman–Crippen LogP) is 2.68. The van der Waals surface area contributed by atoms with Gasteiger partial charge in [-0.1, -0.05) is 12.1 Å². The van der Waals surface area contributed by atoms with Crippen molar-refractivity contribution in [2.45, 2.75) is 25.3 Å². The average molecular weight is 413 g/mol. The summed E-state index contributed by atoms with van der Waals surface area (Å²) in [6.45, 7) is 5.15. The second-order valence-corrected chi connectivity index (χ2v) is 7.92. The van der Waals surface area contributed by atoms with Crippen LogP contribution in [0.15, 0.2) is 52.1 Å². The molecule has 4 rings (SSSR count). The van der Waals surface area contributed by atoms with Crippen LogP contribution < -0.4 is 20.3 Å². The standard InChI is InChI=1S/C23H32N4O3/c1-28-22-7-3-2-6-21(22)27-12-9-19(16-27)26-23(25-15-18-10-14-29-17-18)24-11-8-20-5-4-13-30-20/h2-7,13,18-19H,8-12,14-17H2,1H3,(H2,24,25,26). The minimum atomic E-state index is 0.338. The molecule has 2 atom stereocenters. The molecule has 2 N–H and O–H groups in total. The van der Waals surface area contributed by atoms with Gasteiger partial charge in [-0.2, -0.15) is 0 Å². The predicted molar refractivity (Wildman–Crippen MR) is 118 cm³/mol. The number of guanidine groups is 1. The summed E-state index contributed by atoms with van der Waals surface area (Å²) in [7, 11) is 1.73. The molecule has 7 nitrogen and oxygen atoms in total. The first-order valence-electron chi connectivity index (χ1n) is 10.8. The van der Waals surface area contributed by atoms with Gasteiger partial charge < -0.3 is 29.4 Å². The zero-order valence-electron chi connectivity index (χ0n) is 17.7. The molecule has 0 bridgehead atoms. The molecule has 0 radical (unpaired) electrons. The Balaban J connectivity index is 1.34. The van der Waals surface area contributed by atoms with Crippen molar-refractivity contribution in [2.24, 2.45) is 10.9 Å². The lowest BCUT2D eigenvalue weighted by molar-refractivity contribution is 0.187. The van der Waals surface area contributed by atoms with Crippen LogP contribution in [0.25, 0.3) is 0 Å². The molecule has 7 heteroatoms. The van der Waals surface area contributed by atoms with Crippen molar-refractivity contribution < 1.29 is 13.9 Å². The van der Waals surface area contributed by atoms with Crippen molar-refractivity contribution in [3.8, 4) is 5.75 Å². The number of anilines is 1. The summed E-state index contributed by atoms with van der Waals surface area (Å²) in [6, 6.07) is 12.5. The van der Waals surface area contributed by atoms with E-state index in [1.807, 2.05) is 24.3 Å². The summed E-state index contributed by atoms with van der Waals surface area (Å²) < 4.78 is 16.5. The molecule has 2 saturated heterocycles. The van der Waals surface area contributed by atoms with Crippen LogP contribution >= 0.6 is 0 Å². The van der Waals surface area contributed by atoms with E-state index in [4.69, 9.17) is 18.9 Å². The Kier molecular flexibility index (Phi) is 7.13. The van der Waals surface area contributed by atoms with Crippen molar-refractivity contribution in [3.63, 3.8) is 0 Å². The van der Waals surface area contributed by atoms with E-state index in [2.05, 4.69) is 27.7 Å². The van der Waals surface area contributed by atoms with Crippen LogP contribution in [-0.2, 0) is 11.2 Å². The topological polar surface area (TPSA) is 71.3 Å². The summed E-state index contributed by atoms with van der Waals surface area (Å²) in [4.78, 5) is 7.24. The van der Waals surface area contributed by atoms with Crippen molar-refractivity contribution in [1.29, 1.82) is 0 Å². The number of para-hydroxylation sites is 2. The zero-order valence-corrected chi connectivity index (χ0v) is 17.7. The number of benzene rings is 1. The first-order valence-corrected chi connectivity index (χ1v) is 10.8. The van der Waals surface area contributed by atoms with Gasteiger partial charge in [-0.3, -0.25) is 4.99 Å². The number of rotatable bonds is 8. The van der Waals surface area contributed by atoms with Gasteiger partial charge in [-0.15, -0.1) is 0 Å². The Morgan fingerprint density at radius 2 is 2.17 bits per heavy atom. The highest BCUT2D eigenvalue weighted by atomic mass is 16.5. The van der Waals surface area contributed by atoms with Crippen molar-refractivity contribution in [1.82, 2.24) is 10.6 Å². The van der Waals surface area contributed by atoms with Gasteiger partial charge >= 0.3 is 0 Å². The maximum atomic E-state index is 5.54. The van der Waals surface area contributed by atoms with E-state index in [1.54, 1.807) is 13.4 Å². The van der Waals surface area contributed by atoms with Gasteiger partial charge in [0, 0.05) is 51.2 Å². The van der Waals surface area contributed by atoms with E-state index < -0.39 is 0 Å². The second-order valence-electron chi connectivity index (χ2n) is 7.92. The van der Waals surface area contributed by atoms with Crippen molar-refractivity contribution in [3.05, 3.63) is 48.4 Å². The molecular weight excluding hydrogens is 380 g/mol. The number of nitrogens with zero attached hydrogens (tertiary/aromatic N) is 2. The van der Waals surface area contributed by atoms with Gasteiger partial charge in [0.15, 0.2) is 5.96 Å². The summed E-state index contributed by atoms with van der Waals surface area (Å²) in [5.41, 5.74) is 1.15. The number of furan rings is 1. The Bertz CT molecular complexity index is 803. The van der Waals surface area contributed by atoms with E-state index >= 15 is 0 Å². The number of hydrogen-bond donors (Lipinski definition) is 2. The Hall–Kier alpha value is -2.67. The molecular formula is C23H32N4O3. The largest absolute Gasteiger partial charge is 0.495 e. The van der Waals surface area contributed by atoms with Crippen LogP contribution in [0.4, 0.5) is 5.69 Å². The summed E-state index contributed by atoms with van der Waals surface area (Å²) in [5, 5.41) is 7.12. The fourth-order valence-corrected chi connectivity index (χ4v) is 4.04. The monoisotopic (exact) mass is 412 g/mol. The SMILES string of the molecule is COc1ccccc1N1CCC(NC(=NCC2CCOC2)NCCc2ccco2)C1. The highest BCUT2D eigenvalue weighted by Crippen LogP contribution is 2.30.